The molecule has 1 fully saturated rings. The maximum atomic E-state index is 6.27. The summed E-state index contributed by atoms with van der Waals surface area (Å²) in [4.78, 5) is 1.21. The van der Waals surface area contributed by atoms with Gasteiger partial charge in [-0.05, 0) is 53.1 Å². The van der Waals surface area contributed by atoms with Gasteiger partial charge in [-0.1, -0.05) is 0 Å². The molecule has 1 aliphatic rings. The quantitative estimate of drug-likeness (QED) is 0.902. The van der Waals surface area contributed by atoms with E-state index in [1.165, 1.54) is 17.7 Å². The Hall–Kier alpha value is 0.100. The summed E-state index contributed by atoms with van der Waals surface area (Å²) in [7, 11) is 0. The van der Waals surface area contributed by atoms with Gasteiger partial charge in [0.25, 0.3) is 0 Å². The highest BCUT2D eigenvalue weighted by atomic mass is 79.9. The number of ether oxygens (including phenoxy) is 1. The zero-order valence-corrected chi connectivity index (χ0v) is 11.2. The average Bonchev–Trinajstić information content (AvgIpc) is 2.97. The van der Waals surface area contributed by atoms with Crippen LogP contribution in [0.25, 0.3) is 0 Å². The fourth-order valence-electron chi connectivity index (χ4n) is 1.84. The molecule has 2 rings (SSSR count). The van der Waals surface area contributed by atoms with E-state index in [0.29, 0.717) is 5.92 Å². The van der Waals surface area contributed by atoms with Crippen molar-refractivity contribution in [2.75, 3.05) is 6.61 Å². The lowest BCUT2D eigenvalue weighted by Crippen LogP contribution is -2.30. The lowest BCUT2D eigenvalue weighted by molar-refractivity contribution is 0.0289. The second kappa shape index (κ2) is 4.95. The Bertz CT molecular complexity index is 324. The van der Waals surface area contributed by atoms with Crippen LogP contribution >= 0.6 is 27.3 Å². The molecule has 15 heavy (non-hydrogen) atoms. The van der Waals surface area contributed by atoms with Crippen LogP contribution in [0.15, 0.2) is 15.9 Å². The van der Waals surface area contributed by atoms with E-state index in [9.17, 15) is 0 Å². The van der Waals surface area contributed by atoms with Crippen molar-refractivity contribution in [3.8, 4) is 0 Å². The van der Waals surface area contributed by atoms with Gasteiger partial charge >= 0.3 is 0 Å². The summed E-state index contributed by atoms with van der Waals surface area (Å²) in [6.45, 7) is 2.78. The van der Waals surface area contributed by atoms with Crippen LogP contribution in [-0.4, -0.2) is 12.7 Å². The van der Waals surface area contributed by atoms with Gasteiger partial charge in [-0.15, -0.1) is 11.3 Å². The highest BCUT2D eigenvalue weighted by Gasteiger charge is 2.37. The molecular weight excluding hydrogens is 274 g/mol. The van der Waals surface area contributed by atoms with Crippen molar-refractivity contribution in [2.45, 2.75) is 31.9 Å². The van der Waals surface area contributed by atoms with Crippen molar-refractivity contribution in [2.24, 2.45) is 11.7 Å². The highest BCUT2D eigenvalue weighted by Crippen LogP contribution is 2.41. The van der Waals surface area contributed by atoms with Crippen LogP contribution in [0.5, 0.6) is 0 Å². The number of nitrogens with two attached hydrogens (primary N) is 1. The van der Waals surface area contributed by atoms with E-state index >= 15 is 0 Å². The Balaban J connectivity index is 2.10. The van der Waals surface area contributed by atoms with Gasteiger partial charge in [-0.3, -0.25) is 0 Å². The fourth-order valence-corrected chi connectivity index (χ4v) is 3.52. The molecule has 4 heteroatoms. The predicted molar refractivity (Wildman–Crippen MR) is 67.1 cm³/mol. The molecule has 2 nitrogen and oxygen atoms in total. The van der Waals surface area contributed by atoms with Gasteiger partial charge < -0.3 is 10.5 Å². The van der Waals surface area contributed by atoms with Crippen LogP contribution in [0.1, 0.15) is 30.7 Å². The molecule has 0 aromatic carbocycles. The minimum atomic E-state index is 0.0202. The molecule has 0 aliphatic heterocycles. The van der Waals surface area contributed by atoms with E-state index in [1.807, 2.05) is 6.92 Å². The summed E-state index contributed by atoms with van der Waals surface area (Å²) in [5, 5.41) is 2.06. The van der Waals surface area contributed by atoms with Crippen LogP contribution < -0.4 is 5.73 Å². The van der Waals surface area contributed by atoms with Crippen LogP contribution in [0.2, 0.25) is 0 Å². The number of hydrogen-bond acceptors (Lipinski definition) is 3. The van der Waals surface area contributed by atoms with E-state index in [2.05, 4.69) is 27.4 Å². The molecule has 0 bridgehead atoms. The average molecular weight is 290 g/mol. The lowest BCUT2D eigenvalue weighted by Gasteiger charge is -2.23. The van der Waals surface area contributed by atoms with Crippen LogP contribution in [0.3, 0.4) is 0 Å². The maximum absolute atomic E-state index is 6.27. The highest BCUT2D eigenvalue weighted by molar-refractivity contribution is 9.10. The van der Waals surface area contributed by atoms with E-state index in [4.69, 9.17) is 10.5 Å². The Labute approximate surface area is 103 Å². The molecule has 2 unspecified atom stereocenters. The first-order valence-corrected chi connectivity index (χ1v) is 7.01. The molecule has 1 aliphatic carbocycles. The molecule has 2 atom stereocenters. The second-order valence-electron chi connectivity index (χ2n) is 3.92. The first kappa shape index (κ1) is 11.6. The maximum Gasteiger partial charge on any atom is 0.0803 e. The van der Waals surface area contributed by atoms with Gasteiger partial charge in [-0.25, -0.2) is 0 Å². The van der Waals surface area contributed by atoms with Gasteiger partial charge in [0.2, 0.25) is 0 Å². The van der Waals surface area contributed by atoms with Gasteiger partial charge in [0.15, 0.2) is 0 Å². The molecule has 84 valence electrons. The van der Waals surface area contributed by atoms with E-state index in [-0.39, 0.29) is 12.1 Å². The van der Waals surface area contributed by atoms with Crippen molar-refractivity contribution >= 4 is 27.3 Å². The first-order chi connectivity index (χ1) is 7.24. The molecule has 0 radical (unpaired) electrons. The summed E-state index contributed by atoms with van der Waals surface area (Å²) < 4.78 is 6.88. The van der Waals surface area contributed by atoms with Crippen LogP contribution in [0, 0.1) is 5.92 Å². The number of hydrogen-bond donors (Lipinski definition) is 1. The molecule has 2 N–H and O–H groups in total. The topological polar surface area (TPSA) is 35.2 Å². The summed E-state index contributed by atoms with van der Waals surface area (Å²) in [6.07, 6.45) is 2.73. The minimum absolute atomic E-state index is 0.0202. The van der Waals surface area contributed by atoms with Crippen molar-refractivity contribution < 1.29 is 4.74 Å². The van der Waals surface area contributed by atoms with E-state index in [0.717, 1.165) is 11.1 Å². The Morgan fingerprint density at radius 2 is 2.40 bits per heavy atom. The molecule has 0 spiro atoms. The van der Waals surface area contributed by atoms with Crippen molar-refractivity contribution in [3.05, 3.63) is 20.8 Å². The van der Waals surface area contributed by atoms with Crippen LogP contribution in [0.4, 0.5) is 0 Å². The van der Waals surface area contributed by atoms with Gasteiger partial charge in [0.05, 0.1) is 12.1 Å². The third-order valence-electron chi connectivity index (χ3n) is 2.75. The molecule has 1 saturated carbocycles. The molecule has 1 heterocycles. The number of halogens is 1. The molecule has 0 saturated heterocycles. The third-order valence-corrected chi connectivity index (χ3v) is 4.72. The van der Waals surface area contributed by atoms with Gasteiger partial charge in [-0.2, -0.15) is 0 Å². The Morgan fingerprint density at radius 3 is 2.87 bits per heavy atom. The first-order valence-electron chi connectivity index (χ1n) is 5.34. The molecular formula is C11H16BrNOS. The summed E-state index contributed by atoms with van der Waals surface area (Å²) in [6, 6.07) is 2.07. The molecule has 1 aromatic heterocycles. The smallest absolute Gasteiger partial charge is 0.0803 e. The van der Waals surface area contributed by atoms with Crippen molar-refractivity contribution in [1.29, 1.82) is 0 Å². The van der Waals surface area contributed by atoms with E-state index < -0.39 is 0 Å². The zero-order chi connectivity index (χ0) is 10.8. The fraction of sp³-hybridized carbons (Fsp3) is 0.636. The standard InChI is InChI=1S/C11H16BrNOS/c1-2-14-10(7-3-4-7)9(13)11-8(12)5-6-15-11/h5-7,9-10H,2-4,13H2,1H3. The Morgan fingerprint density at radius 1 is 1.67 bits per heavy atom. The summed E-state index contributed by atoms with van der Waals surface area (Å²) in [5.41, 5.74) is 6.27. The van der Waals surface area contributed by atoms with Gasteiger partial charge in [0, 0.05) is 16.0 Å². The zero-order valence-electron chi connectivity index (χ0n) is 8.78. The monoisotopic (exact) mass is 289 g/mol. The van der Waals surface area contributed by atoms with Crippen LogP contribution in [-0.2, 0) is 4.74 Å². The van der Waals surface area contributed by atoms with Crippen molar-refractivity contribution in [3.63, 3.8) is 0 Å². The lowest BCUT2D eigenvalue weighted by atomic mass is 10.1. The predicted octanol–water partition coefficient (Wildman–Crippen LogP) is 3.33. The van der Waals surface area contributed by atoms with Gasteiger partial charge in [0.1, 0.15) is 0 Å². The number of thiophene rings is 1. The molecule has 1 aromatic rings. The largest absolute Gasteiger partial charge is 0.376 e. The van der Waals surface area contributed by atoms with E-state index in [1.54, 1.807) is 11.3 Å². The minimum Gasteiger partial charge on any atom is -0.376 e. The third kappa shape index (κ3) is 2.61. The molecule has 0 amide bonds. The normalized spacial score (nSPS) is 20.2. The Kier molecular flexibility index (Phi) is 3.83. The number of rotatable bonds is 5. The summed E-state index contributed by atoms with van der Waals surface area (Å²) in [5.74, 6) is 0.675. The summed E-state index contributed by atoms with van der Waals surface area (Å²) >= 11 is 5.24. The SMILES string of the molecule is CCOC(C1CC1)C(N)c1sccc1Br. The van der Waals surface area contributed by atoms with Crippen molar-refractivity contribution in [1.82, 2.24) is 0 Å². The second-order valence-corrected chi connectivity index (χ2v) is 5.72.